The summed E-state index contributed by atoms with van der Waals surface area (Å²) in [5.41, 5.74) is 3.78. The fourth-order valence-electron chi connectivity index (χ4n) is 4.22. The summed E-state index contributed by atoms with van der Waals surface area (Å²) in [7, 11) is 1.61. The van der Waals surface area contributed by atoms with Crippen LogP contribution in [0.4, 0.5) is 0 Å². The van der Waals surface area contributed by atoms with E-state index >= 15 is 0 Å². The van der Waals surface area contributed by atoms with E-state index in [-0.39, 0.29) is 5.56 Å². The number of nitrogens with zero attached hydrogens (tertiary/aromatic N) is 2. The van der Waals surface area contributed by atoms with Crippen LogP contribution in [0.5, 0.6) is 17.2 Å². The lowest BCUT2D eigenvalue weighted by Crippen LogP contribution is -2.22. The Hall–Kier alpha value is -3.84. The zero-order valence-electron chi connectivity index (χ0n) is 21.3. The van der Waals surface area contributed by atoms with Crippen LogP contribution in [0.15, 0.2) is 71.5 Å². The minimum Gasteiger partial charge on any atom is -0.493 e. The minimum atomic E-state index is -0.0671. The van der Waals surface area contributed by atoms with E-state index in [9.17, 15) is 4.79 Å². The molecule has 0 saturated heterocycles. The van der Waals surface area contributed by atoms with Crippen molar-refractivity contribution in [2.24, 2.45) is 0 Å². The van der Waals surface area contributed by atoms with Gasteiger partial charge in [-0.05, 0) is 65.9 Å². The van der Waals surface area contributed by atoms with Crippen molar-refractivity contribution in [1.29, 1.82) is 0 Å². The summed E-state index contributed by atoms with van der Waals surface area (Å²) in [6.07, 6.45) is 3.73. The molecule has 0 bridgehead atoms. The number of rotatable bonds is 10. The zero-order chi connectivity index (χ0) is 25.8. The molecule has 7 heteroatoms. The molecule has 1 unspecified atom stereocenters. The summed E-state index contributed by atoms with van der Waals surface area (Å²) in [5.74, 6) is 2.71. The molecule has 5 aromatic rings. The van der Waals surface area contributed by atoms with Crippen molar-refractivity contribution in [2.45, 2.75) is 32.6 Å². The molecule has 0 amide bonds. The Morgan fingerprint density at radius 1 is 1.00 bits per heavy atom. The highest BCUT2D eigenvalue weighted by Crippen LogP contribution is 2.29. The number of aromatic nitrogens is 2. The molecule has 2 aromatic heterocycles. The third-order valence-corrected chi connectivity index (χ3v) is 7.48. The molecule has 0 saturated carbocycles. The molecule has 6 nitrogen and oxygen atoms in total. The van der Waals surface area contributed by atoms with E-state index in [0.29, 0.717) is 40.1 Å². The first-order valence-electron chi connectivity index (χ1n) is 12.5. The van der Waals surface area contributed by atoms with E-state index in [4.69, 9.17) is 14.2 Å². The van der Waals surface area contributed by atoms with E-state index < -0.39 is 0 Å². The van der Waals surface area contributed by atoms with Crippen molar-refractivity contribution in [3.8, 4) is 17.2 Å². The van der Waals surface area contributed by atoms with Gasteiger partial charge in [-0.1, -0.05) is 55.5 Å². The lowest BCUT2D eigenvalue weighted by molar-refractivity contribution is 0.240. The summed E-state index contributed by atoms with van der Waals surface area (Å²) < 4.78 is 19.7. The van der Waals surface area contributed by atoms with Gasteiger partial charge in [-0.15, -0.1) is 0 Å². The number of hydrogen-bond donors (Lipinski definition) is 0. The van der Waals surface area contributed by atoms with E-state index in [1.807, 2.05) is 60.7 Å². The SMILES string of the molecule is CCC(C)c1ccc(OCCCOc2ccc(C=c3sc4nc5ccccc5n4c3=O)cc2OC)cc1. The van der Waals surface area contributed by atoms with Crippen LogP contribution in [-0.4, -0.2) is 29.7 Å². The summed E-state index contributed by atoms with van der Waals surface area (Å²) in [6.45, 7) is 5.50. The number of benzene rings is 3. The van der Waals surface area contributed by atoms with Gasteiger partial charge < -0.3 is 14.2 Å². The molecular formula is C30H30N2O4S. The van der Waals surface area contributed by atoms with Crippen LogP contribution < -0.4 is 24.3 Å². The number of hydrogen-bond acceptors (Lipinski definition) is 6. The quantitative estimate of drug-likeness (QED) is 0.220. The Morgan fingerprint density at radius 3 is 2.57 bits per heavy atom. The van der Waals surface area contributed by atoms with E-state index in [0.717, 1.165) is 35.2 Å². The van der Waals surface area contributed by atoms with Gasteiger partial charge in [0.2, 0.25) is 0 Å². The fraction of sp³-hybridized carbons (Fsp3) is 0.267. The van der Waals surface area contributed by atoms with E-state index in [1.165, 1.54) is 16.9 Å². The first kappa shape index (κ1) is 24.8. The average Bonchev–Trinajstić information content (AvgIpc) is 3.44. The Bertz CT molecular complexity index is 1620. The topological polar surface area (TPSA) is 62.1 Å². The van der Waals surface area contributed by atoms with Crippen molar-refractivity contribution < 1.29 is 14.2 Å². The van der Waals surface area contributed by atoms with Crippen LogP contribution in [-0.2, 0) is 0 Å². The number of fused-ring (bicyclic) bond motifs is 3. The van der Waals surface area contributed by atoms with Crippen molar-refractivity contribution in [3.63, 3.8) is 0 Å². The molecule has 0 spiro atoms. The van der Waals surface area contributed by atoms with Gasteiger partial charge in [0.25, 0.3) is 5.56 Å². The van der Waals surface area contributed by atoms with Gasteiger partial charge in [0, 0.05) is 6.42 Å². The molecule has 3 aromatic carbocycles. The number of ether oxygens (including phenoxy) is 3. The normalized spacial score (nSPS) is 12.8. The molecule has 37 heavy (non-hydrogen) atoms. The molecule has 5 rings (SSSR count). The predicted octanol–water partition coefficient (Wildman–Crippen LogP) is 5.83. The molecule has 0 radical (unpaired) electrons. The largest absolute Gasteiger partial charge is 0.493 e. The van der Waals surface area contributed by atoms with Crippen molar-refractivity contribution in [1.82, 2.24) is 9.38 Å². The monoisotopic (exact) mass is 514 g/mol. The number of thiazole rings is 1. The maximum absolute atomic E-state index is 13.0. The van der Waals surface area contributed by atoms with Gasteiger partial charge in [-0.3, -0.25) is 4.79 Å². The second kappa shape index (κ2) is 11.0. The average molecular weight is 515 g/mol. The molecule has 2 heterocycles. The highest BCUT2D eigenvalue weighted by atomic mass is 32.1. The van der Waals surface area contributed by atoms with Gasteiger partial charge in [0.05, 0.1) is 35.9 Å². The molecule has 0 N–H and O–H groups in total. The lowest BCUT2D eigenvalue weighted by Gasteiger charge is -2.12. The summed E-state index contributed by atoms with van der Waals surface area (Å²) >= 11 is 1.38. The van der Waals surface area contributed by atoms with Crippen LogP contribution >= 0.6 is 11.3 Å². The van der Waals surface area contributed by atoms with E-state index in [1.54, 1.807) is 11.5 Å². The van der Waals surface area contributed by atoms with Gasteiger partial charge in [0.15, 0.2) is 16.5 Å². The molecule has 190 valence electrons. The first-order valence-corrected chi connectivity index (χ1v) is 13.3. The smallest absolute Gasteiger partial charge is 0.274 e. The minimum absolute atomic E-state index is 0.0671. The predicted molar refractivity (Wildman–Crippen MR) is 149 cm³/mol. The standard InChI is InChI=1S/C30H30N2O4S/c1-4-20(2)22-11-13-23(14-12-22)35-16-7-17-36-26-15-10-21(18-27(26)34-3)19-28-29(33)32-25-9-6-5-8-24(25)31-30(32)37-28/h5-6,8-15,18-20H,4,7,16-17H2,1-3H3. The van der Waals surface area contributed by atoms with Crippen LogP contribution in [0.3, 0.4) is 0 Å². The van der Waals surface area contributed by atoms with Crippen LogP contribution in [0.25, 0.3) is 22.1 Å². The molecule has 0 aliphatic rings. The van der Waals surface area contributed by atoms with Crippen molar-refractivity contribution >= 4 is 33.4 Å². The van der Waals surface area contributed by atoms with Crippen molar-refractivity contribution in [2.75, 3.05) is 20.3 Å². The Morgan fingerprint density at radius 2 is 1.78 bits per heavy atom. The Balaban J connectivity index is 1.22. The van der Waals surface area contributed by atoms with Gasteiger partial charge >= 0.3 is 0 Å². The number of para-hydroxylation sites is 2. The fourth-order valence-corrected chi connectivity index (χ4v) is 5.20. The molecule has 0 fully saturated rings. The van der Waals surface area contributed by atoms with Gasteiger partial charge in [-0.25, -0.2) is 9.38 Å². The van der Waals surface area contributed by atoms with Crippen molar-refractivity contribution in [3.05, 3.63) is 92.7 Å². The third kappa shape index (κ3) is 5.32. The second-order valence-electron chi connectivity index (χ2n) is 8.97. The summed E-state index contributed by atoms with van der Waals surface area (Å²) in [4.78, 5) is 18.3. The molecule has 1 atom stereocenters. The number of methoxy groups -OCH3 is 1. The maximum atomic E-state index is 13.0. The first-order chi connectivity index (χ1) is 18.1. The van der Waals surface area contributed by atoms with Gasteiger partial charge in [-0.2, -0.15) is 0 Å². The lowest BCUT2D eigenvalue weighted by atomic mass is 9.99. The highest BCUT2D eigenvalue weighted by molar-refractivity contribution is 7.15. The number of imidazole rings is 1. The molecule has 0 aliphatic carbocycles. The zero-order valence-corrected chi connectivity index (χ0v) is 22.1. The maximum Gasteiger partial charge on any atom is 0.274 e. The van der Waals surface area contributed by atoms with Crippen LogP contribution in [0.2, 0.25) is 0 Å². The second-order valence-corrected chi connectivity index (χ2v) is 9.98. The molecular weight excluding hydrogens is 484 g/mol. The highest BCUT2D eigenvalue weighted by Gasteiger charge is 2.11. The van der Waals surface area contributed by atoms with E-state index in [2.05, 4.69) is 31.0 Å². The summed E-state index contributed by atoms with van der Waals surface area (Å²) in [5, 5.41) is 0. The Labute approximate surface area is 219 Å². The van der Waals surface area contributed by atoms with Crippen LogP contribution in [0, 0.1) is 0 Å². The molecule has 0 aliphatic heterocycles. The third-order valence-electron chi connectivity index (χ3n) is 6.51. The Kier molecular flexibility index (Phi) is 7.42. The van der Waals surface area contributed by atoms with Crippen LogP contribution in [0.1, 0.15) is 43.7 Å². The van der Waals surface area contributed by atoms with Gasteiger partial charge in [0.1, 0.15) is 5.75 Å². The summed E-state index contributed by atoms with van der Waals surface area (Å²) in [6, 6.07) is 21.7.